The molecule has 3 heterocycles. The van der Waals surface area contributed by atoms with Crippen molar-refractivity contribution in [1.29, 1.82) is 0 Å². The molecule has 1 saturated heterocycles. The van der Waals surface area contributed by atoms with E-state index in [2.05, 4.69) is 26.5 Å². The first-order chi connectivity index (χ1) is 14.0. The van der Waals surface area contributed by atoms with E-state index in [-0.39, 0.29) is 12.4 Å². The summed E-state index contributed by atoms with van der Waals surface area (Å²) in [5.74, 6) is 0.574. The highest BCUT2D eigenvalue weighted by Crippen LogP contribution is 2.33. The second-order valence-electron chi connectivity index (χ2n) is 6.70. The van der Waals surface area contributed by atoms with Crippen LogP contribution >= 0.6 is 0 Å². The predicted molar refractivity (Wildman–Crippen MR) is 105 cm³/mol. The molecule has 2 aromatic heterocycles. The predicted octanol–water partition coefficient (Wildman–Crippen LogP) is 2.23. The summed E-state index contributed by atoms with van der Waals surface area (Å²) in [7, 11) is 0. The molecular weight excluding hydrogens is 375 g/mol. The lowest BCUT2D eigenvalue weighted by atomic mass is 10.1. The molecule has 4 rings (SSSR count). The number of nitrogens with two attached hydrogens (primary N) is 2. The summed E-state index contributed by atoms with van der Waals surface area (Å²) in [4.78, 5) is 16.6. The van der Waals surface area contributed by atoms with Crippen molar-refractivity contribution >= 4 is 0 Å². The van der Waals surface area contributed by atoms with Gasteiger partial charge in [0.1, 0.15) is 11.6 Å². The van der Waals surface area contributed by atoms with Gasteiger partial charge in [0.05, 0.1) is 36.3 Å². The Morgan fingerprint density at radius 1 is 1.17 bits per heavy atom. The van der Waals surface area contributed by atoms with Gasteiger partial charge in [-0.05, 0) is 35.9 Å². The maximum atomic E-state index is 13.4. The first kappa shape index (κ1) is 19.3. The standard InChI is InChI=1S/C20H21FN6O2/c1-11-9-28-20(29-10-11)19-26-16(12-2-4-13(21)5-3-12)17(27-19)15-6-7-24-18(25-15)14(23)8-22/h2-7,14,20H,1,8-10,22-23H2,(H,26,27). The lowest BCUT2D eigenvalue weighted by molar-refractivity contribution is -0.165. The number of ether oxygens (including phenoxy) is 2. The van der Waals surface area contributed by atoms with Crippen LogP contribution in [0.1, 0.15) is 24.0 Å². The third kappa shape index (κ3) is 4.08. The Kier molecular flexibility index (Phi) is 5.45. The summed E-state index contributed by atoms with van der Waals surface area (Å²) in [6, 6.07) is 7.30. The van der Waals surface area contributed by atoms with Gasteiger partial charge in [0, 0.05) is 18.3 Å². The third-order valence-corrected chi connectivity index (χ3v) is 4.46. The van der Waals surface area contributed by atoms with Gasteiger partial charge in [0.15, 0.2) is 5.82 Å². The maximum absolute atomic E-state index is 13.4. The number of aromatic amines is 1. The van der Waals surface area contributed by atoms with E-state index in [1.807, 2.05) is 0 Å². The summed E-state index contributed by atoms with van der Waals surface area (Å²) in [5.41, 5.74) is 15.0. The van der Waals surface area contributed by atoms with Crippen LogP contribution in [0.15, 0.2) is 48.7 Å². The minimum absolute atomic E-state index is 0.218. The Bertz CT molecular complexity index is 1010. The second kappa shape index (κ2) is 8.18. The number of hydrogen-bond acceptors (Lipinski definition) is 7. The number of rotatable bonds is 5. The van der Waals surface area contributed by atoms with Gasteiger partial charge in [0.25, 0.3) is 0 Å². The van der Waals surface area contributed by atoms with E-state index in [1.165, 1.54) is 12.1 Å². The number of halogens is 1. The fourth-order valence-corrected chi connectivity index (χ4v) is 2.94. The van der Waals surface area contributed by atoms with Gasteiger partial charge in [-0.1, -0.05) is 6.58 Å². The number of imidazole rings is 1. The van der Waals surface area contributed by atoms with Crippen LogP contribution in [-0.2, 0) is 9.47 Å². The van der Waals surface area contributed by atoms with Gasteiger partial charge in [-0.25, -0.2) is 19.3 Å². The number of benzene rings is 1. The quantitative estimate of drug-likeness (QED) is 0.565. The molecule has 29 heavy (non-hydrogen) atoms. The van der Waals surface area contributed by atoms with Gasteiger partial charge < -0.3 is 25.9 Å². The molecule has 0 amide bonds. The Hall–Kier alpha value is -2.98. The molecule has 1 aromatic carbocycles. The van der Waals surface area contributed by atoms with Gasteiger partial charge in [-0.3, -0.25) is 0 Å². The fraction of sp³-hybridized carbons (Fsp3) is 0.250. The normalized spacial score (nSPS) is 16.2. The smallest absolute Gasteiger partial charge is 0.217 e. The molecule has 1 aliphatic heterocycles. The number of nitrogens with zero attached hydrogens (tertiary/aromatic N) is 3. The van der Waals surface area contributed by atoms with Gasteiger partial charge in [0.2, 0.25) is 6.29 Å². The maximum Gasteiger partial charge on any atom is 0.217 e. The Balaban J connectivity index is 1.79. The molecule has 1 aliphatic rings. The van der Waals surface area contributed by atoms with Crippen LogP contribution < -0.4 is 11.5 Å². The van der Waals surface area contributed by atoms with E-state index < -0.39 is 12.3 Å². The molecule has 0 spiro atoms. The van der Waals surface area contributed by atoms with Crippen LogP contribution in [0.2, 0.25) is 0 Å². The molecule has 9 heteroatoms. The molecule has 1 unspecified atom stereocenters. The van der Waals surface area contributed by atoms with Gasteiger partial charge in [-0.2, -0.15) is 0 Å². The fourth-order valence-electron chi connectivity index (χ4n) is 2.94. The summed E-state index contributed by atoms with van der Waals surface area (Å²) in [6.45, 7) is 4.84. The van der Waals surface area contributed by atoms with Crippen molar-refractivity contribution in [3.63, 3.8) is 0 Å². The highest BCUT2D eigenvalue weighted by atomic mass is 19.1. The number of H-pyrrole nitrogens is 1. The molecule has 150 valence electrons. The summed E-state index contributed by atoms with van der Waals surface area (Å²) in [5, 5.41) is 0. The van der Waals surface area contributed by atoms with Crippen molar-refractivity contribution in [3.8, 4) is 22.6 Å². The highest BCUT2D eigenvalue weighted by Gasteiger charge is 2.25. The average molecular weight is 396 g/mol. The molecule has 5 N–H and O–H groups in total. The molecular formula is C20H21FN6O2. The molecule has 8 nitrogen and oxygen atoms in total. The van der Waals surface area contributed by atoms with Crippen molar-refractivity contribution in [2.24, 2.45) is 11.5 Å². The molecule has 0 radical (unpaired) electrons. The molecule has 0 saturated carbocycles. The van der Waals surface area contributed by atoms with E-state index in [1.54, 1.807) is 24.4 Å². The van der Waals surface area contributed by atoms with Crippen LogP contribution in [0.4, 0.5) is 4.39 Å². The van der Waals surface area contributed by atoms with Crippen molar-refractivity contribution in [1.82, 2.24) is 19.9 Å². The van der Waals surface area contributed by atoms with Crippen LogP contribution in [0, 0.1) is 5.82 Å². The Labute approximate surface area is 166 Å². The zero-order valence-corrected chi connectivity index (χ0v) is 15.6. The molecule has 1 atom stereocenters. The van der Waals surface area contributed by atoms with Gasteiger partial charge in [-0.15, -0.1) is 0 Å². The van der Waals surface area contributed by atoms with Crippen molar-refractivity contribution in [3.05, 3.63) is 66.1 Å². The Morgan fingerprint density at radius 2 is 1.90 bits per heavy atom. The number of nitrogens with one attached hydrogen (secondary N) is 1. The monoisotopic (exact) mass is 396 g/mol. The van der Waals surface area contributed by atoms with Crippen LogP contribution in [0.3, 0.4) is 0 Å². The highest BCUT2D eigenvalue weighted by molar-refractivity contribution is 5.76. The largest absolute Gasteiger partial charge is 0.341 e. The minimum Gasteiger partial charge on any atom is -0.341 e. The van der Waals surface area contributed by atoms with Crippen LogP contribution in [-0.4, -0.2) is 39.7 Å². The number of aromatic nitrogens is 4. The van der Waals surface area contributed by atoms with E-state index >= 15 is 0 Å². The lowest BCUT2D eigenvalue weighted by Gasteiger charge is -2.22. The third-order valence-electron chi connectivity index (χ3n) is 4.46. The lowest BCUT2D eigenvalue weighted by Crippen LogP contribution is -2.23. The van der Waals surface area contributed by atoms with E-state index in [4.69, 9.17) is 20.9 Å². The summed E-state index contributed by atoms with van der Waals surface area (Å²) >= 11 is 0. The van der Waals surface area contributed by atoms with Gasteiger partial charge >= 0.3 is 0 Å². The van der Waals surface area contributed by atoms with E-state index in [9.17, 15) is 4.39 Å². The average Bonchev–Trinajstić information content (AvgIpc) is 3.20. The summed E-state index contributed by atoms with van der Waals surface area (Å²) in [6.07, 6.45) is 0.945. The van der Waals surface area contributed by atoms with E-state index in [0.29, 0.717) is 47.5 Å². The minimum atomic E-state index is -0.666. The van der Waals surface area contributed by atoms with Crippen molar-refractivity contribution < 1.29 is 13.9 Å². The SMILES string of the molecule is C=C1COC(c2nc(-c3ccc(F)cc3)c(-c3ccnc(C(N)CN)n3)[nH]2)OC1. The zero-order valence-electron chi connectivity index (χ0n) is 15.6. The van der Waals surface area contributed by atoms with Crippen molar-refractivity contribution in [2.75, 3.05) is 19.8 Å². The molecule has 3 aromatic rings. The van der Waals surface area contributed by atoms with Crippen LogP contribution in [0.5, 0.6) is 0 Å². The molecule has 0 bridgehead atoms. The summed E-state index contributed by atoms with van der Waals surface area (Å²) < 4.78 is 24.8. The first-order valence-electron chi connectivity index (χ1n) is 9.10. The number of hydrogen-bond donors (Lipinski definition) is 3. The van der Waals surface area contributed by atoms with Crippen molar-refractivity contribution in [2.45, 2.75) is 12.3 Å². The van der Waals surface area contributed by atoms with E-state index in [0.717, 1.165) is 5.57 Å². The first-order valence-corrected chi connectivity index (χ1v) is 9.10. The second-order valence-corrected chi connectivity index (χ2v) is 6.70. The van der Waals surface area contributed by atoms with Crippen LogP contribution in [0.25, 0.3) is 22.6 Å². The zero-order chi connectivity index (χ0) is 20.4. The molecule has 1 fully saturated rings. The Morgan fingerprint density at radius 3 is 2.59 bits per heavy atom. The topological polar surface area (TPSA) is 125 Å². The molecule has 0 aliphatic carbocycles.